The first kappa shape index (κ1) is 11.5. The molecule has 1 saturated heterocycles. The highest BCUT2D eigenvalue weighted by molar-refractivity contribution is 7.89. The molecule has 0 bridgehead atoms. The van der Waals surface area contributed by atoms with Crippen LogP contribution < -0.4 is 4.72 Å². The SMILES string of the molecule is Cc1ccc(S(=O)(=O)NC2COCO2)cc1. The topological polar surface area (TPSA) is 64.6 Å². The van der Waals surface area contributed by atoms with E-state index in [0.29, 0.717) is 0 Å². The van der Waals surface area contributed by atoms with Gasteiger partial charge in [0.25, 0.3) is 0 Å². The van der Waals surface area contributed by atoms with Crippen molar-refractivity contribution in [3.05, 3.63) is 29.8 Å². The summed E-state index contributed by atoms with van der Waals surface area (Å²) in [6.07, 6.45) is -0.591. The highest BCUT2D eigenvalue weighted by Crippen LogP contribution is 2.12. The van der Waals surface area contributed by atoms with Crippen LogP contribution in [0, 0.1) is 6.92 Å². The molecule has 0 aliphatic carbocycles. The van der Waals surface area contributed by atoms with Crippen LogP contribution in [-0.4, -0.2) is 28.0 Å². The van der Waals surface area contributed by atoms with Gasteiger partial charge in [0.15, 0.2) is 0 Å². The van der Waals surface area contributed by atoms with E-state index in [0.717, 1.165) is 5.56 Å². The van der Waals surface area contributed by atoms with Gasteiger partial charge in [0.05, 0.1) is 11.5 Å². The maximum atomic E-state index is 11.9. The third kappa shape index (κ3) is 2.59. The van der Waals surface area contributed by atoms with Gasteiger partial charge in [-0.25, -0.2) is 8.42 Å². The lowest BCUT2D eigenvalue weighted by molar-refractivity contribution is 0.0441. The fraction of sp³-hybridized carbons (Fsp3) is 0.400. The van der Waals surface area contributed by atoms with Crippen molar-refractivity contribution >= 4 is 10.0 Å². The fourth-order valence-corrected chi connectivity index (χ4v) is 2.47. The molecule has 1 aliphatic rings. The van der Waals surface area contributed by atoms with Crippen LogP contribution in [-0.2, 0) is 19.5 Å². The molecule has 0 aromatic heterocycles. The molecule has 1 fully saturated rings. The maximum absolute atomic E-state index is 11.9. The first-order chi connectivity index (χ1) is 7.58. The number of hydrogen-bond donors (Lipinski definition) is 1. The predicted octanol–water partition coefficient (Wildman–Crippen LogP) is 0.604. The van der Waals surface area contributed by atoms with Gasteiger partial charge in [-0.2, -0.15) is 4.72 Å². The summed E-state index contributed by atoms with van der Waals surface area (Å²) in [5, 5.41) is 0. The Balaban J connectivity index is 2.14. The van der Waals surface area contributed by atoms with Crippen LogP contribution in [0.15, 0.2) is 29.2 Å². The number of rotatable bonds is 3. The van der Waals surface area contributed by atoms with Crippen molar-refractivity contribution in [2.75, 3.05) is 13.4 Å². The van der Waals surface area contributed by atoms with Crippen molar-refractivity contribution in [1.82, 2.24) is 4.72 Å². The van der Waals surface area contributed by atoms with E-state index in [1.54, 1.807) is 24.3 Å². The molecule has 0 saturated carbocycles. The second-order valence-corrected chi connectivity index (χ2v) is 5.29. The molecule has 1 N–H and O–H groups in total. The normalized spacial score (nSPS) is 21.2. The molecule has 1 aromatic rings. The van der Waals surface area contributed by atoms with E-state index >= 15 is 0 Å². The number of hydrogen-bond acceptors (Lipinski definition) is 4. The molecule has 2 rings (SSSR count). The number of nitrogens with one attached hydrogen (secondary N) is 1. The molecule has 16 heavy (non-hydrogen) atoms. The third-order valence-corrected chi connectivity index (χ3v) is 3.71. The molecule has 6 heteroatoms. The van der Waals surface area contributed by atoms with Gasteiger partial charge in [0.1, 0.15) is 13.0 Å². The van der Waals surface area contributed by atoms with E-state index in [1.165, 1.54) is 0 Å². The van der Waals surface area contributed by atoms with E-state index in [2.05, 4.69) is 4.72 Å². The molecular formula is C10H13NO4S. The van der Waals surface area contributed by atoms with Crippen LogP contribution in [0.25, 0.3) is 0 Å². The first-order valence-corrected chi connectivity index (χ1v) is 6.34. The molecule has 0 radical (unpaired) electrons. The number of sulfonamides is 1. The Morgan fingerprint density at radius 2 is 2.00 bits per heavy atom. The zero-order chi connectivity index (χ0) is 11.6. The zero-order valence-corrected chi connectivity index (χ0v) is 9.66. The molecule has 5 nitrogen and oxygen atoms in total. The summed E-state index contributed by atoms with van der Waals surface area (Å²) in [6, 6.07) is 6.63. The number of ether oxygens (including phenoxy) is 2. The molecular weight excluding hydrogens is 230 g/mol. The Kier molecular flexibility index (Phi) is 3.25. The largest absolute Gasteiger partial charge is 0.351 e. The van der Waals surface area contributed by atoms with Gasteiger partial charge in [-0.3, -0.25) is 0 Å². The van der Waals surface area contributed by atoms with Crippen LogP contribution in [0.5, 0.6) is 0 Å². The van der Waals surface area contributed by atoms with Crippen molar-refractivity contribution in [1.29, 1.82) is 0 Å². The Morgan fingerprint density at radius 3 is 2.56 bits per heavy atom. The monoisotopic (exact) mass is 243 g/mol. The molecule has 1 aliphatic heterocycles. The van der Waals surface area contributed by atoms with Gasteiger partial charge >= 0.3 is 0 Å². The van der Waals surface area contributed by atoms with Gasteiger partial charge in [-0.05, 0) is 19.1 Å². The summed E-state index contributed by atoms with van der Waals surface area (Å²) in [5.41, 5.74) is 1.01. The van der Waals surface area contributed by atoms with Crippen molar-refractivity contribution < 1.29 is 17.9 Å². The Morgan fingerprint density at radius 1 is 1.31 bits per heavy atom. The number of benzene rings is 1. The van der Waals surface area contributed by atoms with Gasteiger partial charge < -0.3 is 9.47 Å². The summed E-state index contributed by atoms with van der Waals surface area (Å²) in [6.45, 7) is 2.27. The van der Waals surface area contributed by atoms with Crippen molar-refractivity contribution in [3.63, 3.8) is 0 Å². The summed E-state index contributed by atoms with van der Waals surface area (Å²) < 4.78 is 36.1. The smallest absolute Gasteiger partial charge is 0.242 e. The Bertz CT molecular complexity index is 448. The Hall–Kier alpha value is -0.950. The molecule has 1 unspecified atom stereocenters. The lowest BCUT2D eigenvalue weighted by atomic mass is 10.2. The van der Waals surface area contributed by atoms with Crippen LogP contribution in [0.4, 0.5) is 0 Å². The van der Waals surface area contributed by atoms with Crippen molar-refractivity contribution in [3.8, 4) is 0 Å². The molecule has 0 amide bonds. The van der Waals surface area contributed by atoms with Crippen LogP contribution in [0.2, 0.25) is 0 Å². The zero-order valence-electron chi connectivity index (χ0n) is 8.84. The standard InChI is InChI=1S/C10H13NO4S/c1-8-2-4-9(5-3-8)16(12,13)11-10-6-14-7-15-10/h2-5,10-11H,6-7H2,1H3. The summed E-state index contributed by atoms with van der Waals surface area (Å²) in [7, 11) is -3.52. The lowest BCUT2D eigenvalue weighted by Gasteiger charge is -2.10. The first-order valence-electron chi connectivity index (χ1n) is 4.86. The van der Waals surface area contributed by atoms with Crippen LogP contribution >= 0.6 is 0 Å². The molecule has 88 valence electrons. The lowest BCUT2D eigenvalue weighted by Crippen LogP contribution is -2.36. The van der Waals surface area contributed by atoms with Gasteiger partial charge in [0.2, 0.25) is 10.0 Å². The average Bonchev–Trinajstić information content (AvgIpc) is 2.70. The minimum atomic E-state index is -3.52. The number of aryl methyl sites for hydroxylation is 1. The maximum Gasteiger partial charge on any atom is 0.242 e. The molecule has 1 atom stereocenters. The summed E-state index contributed by atoms with van der Waals surface area (Å²) in [4.78, 5) is 0.230. The highest BCUT2D eigenvalue weighted by Gasteiger charge is 2.23. The Labute approximate surface area is 94.4 Å². The minimum Gasteiger partial charge on any atom is -0.351 e. The van der Waals surface area contributed by atoms with E-state index in [4.69, 9.17) is 9.47 Å². The minimum absolute atomic E-state index is 0.126. The predicted molar refractivity (Wildman–Crippen MR) is 57.2 cm³/mol. The second-order valence-electron chi connectivity index (χ2n) is 3.58. The quantitative estimate of drug-likeness (QED) is 0.844. The van der Waals surface area contributed by atoms with Crippen molar-refractivity contribution in [2.24, 2.45) is 0 Å². The molecule has 1 heterocycles. The van der Waals surface area contributed by atoms with Gasteiger partial charge in [-0.15, -0.1) is 0 Å². The van der Waals surface area contributed by atoms with E-state index in [9.17, 15) is 8.42 Å². The second kappa shape index (κ2) is 4.50. The van der Waals surface area contributed by atoms with Crippen LogP contribution in [0.3, 0.4) is 0 Å². The highest BCUT2D eigenvalue weighted by atomic mass is 32.2. The average molecular weight is 243 g/mol. The van der Waals surface area contributed by atoms with E-state index in [-0.39, 0.29) is 18.3 Å². The van der Waals surface area contributed by atoms with E-state index < -0.39 is 16.3 Å². The summed E-state index contributed by atoms with van der Waals surface area (Å²) >= 11 is 0. The van der Waals surface area contributed by atoms with E-state index in [1.807, 2.05) is 6.92 Å². The van der Waals surface area contributed by atoms with Crippen LogP contribution in [0.1, 0.15) is 5.56 Å². The molecule has 0 spiro atoms. The fourth-order valence-electron chi connectivity index (χ4n) is 1.36. The van der Waals surface area contributed by atoms with Gasteiger partial charge in [-0.1, -0.05) is 17.7 Å². The summed E-state index contributed by atoms with van der Waals surface area (Å²) in [5.74, 6) is 0. The van der Waals surface area contributed by atoms with Gasteiger partial charge in [0, 0.05) is 0 Å². The third-order valence-electron chi connectivity index (χ3n) is 2.24. The molecule has 1 aromatic carbocycles. The van der Waals surface area contributed by atoms with Crippen molar-refractivity contribution in [2.45, 2.75) is 18.0 Å².